The van der Waals surface area contributed by atoms with E-state index < -0.39 is 35.7 Å². The van der Waals surface area contributed by atoms with Crippen molar-refractivity contribution in [3.63, 3.8) is 0 Å². The lowest BCUT2D eigenvalue weighted by Gasteiger charge is -2.23. The first kappa shape index (κ1) is 12.9. The SMILES string of the molecule is O=C(Br)C(O)C(O)C(O)C(O)CO. The van der Waals surface area contributed by atoms with Gasteiger partial charge in [-0.15, -0.1) is 0 Å². The number of rotatable bonds is 5. The van der Waals surface area contributed by atoms with Crippen LogP contribution in [0.4, 0.5) is 0 Å². The third-order valence-electron chi connectivity index (χ3n) is 1.49. The summed E-state index contributed by atoms with van der Waals surface area (Å²) in [7, 11) is 0. The van der Waals surface area contributed by atoms with Gasteiger partial charge in [0.2, 0.25) is 4.69 Å². The van der Waals surface area contributed by atoms with E-state index in [4.69, 9.17) is 25.5 Å². The zero-order valence-corrected chi connectivity index (χ0v) is 8.12. The first-order valence-electron chi connectivity index (χ1n) is 3.44. The van der Waals surface area contributed by atoms with Gasteiger partial charge in [-0.05, 0) is 15.9 Å². The maximum absolute atomic E-state index is 10.5. The number of aliphatic hydroxyl groups excluding tert-OH is 5. The Hall–Kier alpha value is -0.0500. The molecule has 0 aliphatic carbocycles. The van der Waals surface area contributed by atoms with E-state index in [9.17, 15) is 4.79 Å². The summed E-state index contributed by atoms with van der Waals surface area (Å²) in [6, 6.07) is 0. The van der Waals surface area contributed by atoms with E-state index in [0.717, 1.165) is 0 Å². The molecule has 0 heterocycles. The molecule has 7 heteroatoms. The number of halogens is 1. The monoisotopic (exact) mass is 258 g/mol. The summed E-state index contributed by atoms with van der Waals surface area (Å²) in [5, 5.41) is 44.2. The van der Waals surface area contributed by atoms with E-state index in [2.05, 4.69) is 15.9 Å². The number of carbonyl (C=O) groups excluding carboxylic acids is 1. The van der Waals surface area contributed by atoms with Crippen LogP contribution in [0.15, 0.2) is 0 Å². The van der Waals surface area contributed by atoms with Crippen LogP contribution in [0.25, 0.3) is 0 Å². The summed E-state index contributed by atoms with van der Waals surface area (Å²) >= 11 is 2.38. The molecule has 0 spiro atoms. The van der Waals surface area contributed by atoms with Crippen molar-refractivity contribution < 1.29 is 30.3 Å². The first-order chi connectivity index (χ1) is 5.91. The molecule has 0 aromatic carbocycles. The van der Waals surface area contributed by atoms with E-state index >= 15 is 0 Å². The predicted molar refractivity (Wildman–Crippen MR) is 45.0 cm³/mol. The minimum Gasteiger partial charge on any atom is -0.394 e. The molecule has 0 amide bonds. The molecule has 0 bridgehead atoms. The minimum atomic E-state index is -1.84. The molecule has 0 saturated carbocycles. The first-order valence-corrected chi connectivity index (χ1v) is 4.23. The summed E-state index contributed by atoms with van der Waals surface area (Å²) in [4.78, 5) is 10.5. The van der Waals surface area contributed by atoms with Crippen molar-refractivity contribution in [2.45, 2.75) is 24.4 Å². The fraction of sp³-hybridized carbons (Fsp3) is 0.833. The topological polar surface area (TPSA) is 118 Å². The molecule has 0 aliphatic heterocycles. The van der Waals surface area contributed by atoms with Gasteiger partial charge in [0.05, 0.1) is 6.61 Å². The van der Waals surface area contributed by atoms with Crippen molar-refractivity contribution in [1.29, 1.82) is 0 Å². The molecule has 5 N–H and O–H groups in total. The highest BCUT2D eigenvalue weighted by Gasteiger charge is 2.32. The summed E-state index contributed by atoms with van der Waals surface area (Å²) in [6.45, 7) is -0.776. The number of aliphatic hydroxyl groups is 5. The smallest absolute Gasteiger partial charge is 0.228 e. The van der Waals surface area contributed by atoms with Gasteiger partial charge >= 0.3 is 0 Å². The van der Waals surface area contributed by atoms with Crippen molar-refractivity contribution in [2.24, 2.45) is 0 Å². The quantitative estimate of drug-likeness (QED) is 0.344. The van der Waals surface area contributed by atoms with E-state index in [1.54, 1.807) is 0 Å². The highest BCUT2D eigenvalue weighted by Crippen LogP contribution is 2.07. The number of carbonyl (C=O) groups is 1. The molecule has 0 aromatic heterocycles. The standard InChI is InChI=1S/C6H11BrO6/c7-6(13)5(12)4(11)3(10)2(9)1-8/h2-5,8-12H,1H2. The fourth-order valence-corrected chi connectivity index (χ4v) is 0.927. The second kappa shape index (κ2) is 5.63. The van der Waals surface area contributed by atoms with Crippen LogP contribution >= 0.6 is 15.9 Å². The van der Waals surface area contributed by atoms with E-state index in [1.807, 2.05) is 0 Å². The van der Waals surface area contributed by atoms with Crippen molar-refractivity contribution in [3.8, 4) is 0 Å². The molecule has 0 aromatic rings. The van der Waals surface area contributed by atoms with Crippen LogP contribution in [0.5, 0.6) is 0 Å². The van der Waals surface area contributed by atoms with Gasteiger partial charge in [0.1, 0.15) is 18.3 Å². The molecule has 13 heavy (non-hydrogen) atoms. The van der Waals surface area contributed by atoms with Crippen LogP contribution in [0.2, 0.25) is 0 Å². The molecule has 78 valence electrons. The van der Waals surface area contributed by atoms with Gasteiger partial charge in [-0.1, -0.05) is 0 Å². The predicted octanol–water partition coefficient (Wildman–Crippen LogP) is -2.66. The van der Waals surface area contributed by atoms with E-state index in [1.165, 1.54) is 0 Å². The summed E-state index contributed by atoms with van der Waals surface area (Å²) in [5.74, 6) is 0. The maximum Gasteiger partial charge on any atom is 0.228 e. The third kappa shape index (κ3) is 3.67. The lowest BCUT2D eigenvalue weighted by atomic mass is 10.0. The lowest BCUT2D eigenvalue weighted by molar-refractivity contribution is -0.138. The molecule has 6 nitrogen and oxygen atoms in total. The zero-order valence-electron chi connectivity index (χ0n) is 6.54. The van der Waals surface area contributed by atoms with Crippen LogP contribution in [-0.2, 0) is 4.79 Å². The van der Waals surface area contributed by atoms with Gasteiger partial charge in [-0.2, -0.15) is 0 Å². The van der Waals surface area contributed by atoms with Crippen molar-refractivity contribution in [3.05, 3.63) is 0 Å². The van der Waals surface area contributed by atoms with E-state index in [-0.39, 0.29) is 0 Å². The Bertz CT molecular complexity index is 175. The average molecular weight is 259 g/mol. The zero-order chi connectivity index (χ0) is 10.6. The Morgan fingerprint density at radius 2 is 1.62 bits per heavy atom. The normalized spacial score (nSPS) is 20.5. The average Bonchev–Trinajstić information content (AvgIpc) is 2.12. The highest BCUT2D eigenvalue weighted by molar-refractivity contribution is 9.18. The Morgan fingerprint density at radius 3 is 1.92 bits per heavy atom. The van der Waals surface area contributed by atoms with Gasteiger partial charge in [0.15, 0.2) is 6.10 Å². The van der Waals surface area contributed by atoms with Gasteiger partial charge in [0, 0.05) is 0 Å². The molecule has 0 fully saturated rings. The molecule has 0 radical (unpaired) electrons. The fourth-order valence-electron chi connectivity index (χ4n) is 0.657. The molecule has 0 saturated heterocycles. The van der Waals surface area contributed by atoms with Crippen molar-refractivity contribution in [1.82, 2.24) is 0 Å². The number of hydrogen-bond donors (Lipinski definition) is 5. The Balaban J connectivity index is 4.24. The summed E-state index contributed by atoms with van der Waals surface area (Å²) in [6.07, 6.45) is -7.05. The van der Waals surface area contributed by atoms with E-state index in [0.29, 0.717) is 0 Å². The largest absolute Gasteiger partial charge is 0.394 e. The van der Waals surface area contributed by atoms with Crippen molar-refractivity contribution >= 4 is 20.6 Å². The second-order valence-corrected chi connectivity index (χ2v) is 3.26. The minimum absolute atomic E-state index is 0.776. The van der Waals surface area contributed by atoms with Gasteiger partial charge in [0.25, 0.3) is 0 Å². The molecule has 4 atom stereocenters. The van der Waals surface area contributed by atoms with Gasteiger partial charge < -0.3 is 25.5 Å². The molecule has 4 unspecified atom stereocenters. The van der Waals surface area contributed by atoms with Crippen LogP contribution in [0.1, 0.15) is 0 Å². The Kier molecular flexibility index (Phi) is 5.61. The van der Waals surface area contributed by atoms with Crippen LogP contribution in [0.3, 0.4) is 0 Å². The van der Waals surface area contributed by atoms with Crippen LogP contribution < -0.4 is 0 Å². The second-order valence-electron chi connectivity index (χ2n) is 2.48. The Morgan fingerprint density at radius 1 is 1.15 bits per heavy atom. The highest BCUT2D eigenvalue weighted by atomic mass is 79.9. The molecular weight excluding hydrogens is 248 g/mol. The summed E-state index contributed by atoms with van der Waals surface area (Å²) in [5.41, 5.74) is 0. The Labute approximate surface area is 82.6 Å². The lowest BCUT2D eigenvalue weighted by Crippen LogP contribution is -2.47. The molecular formula is C6H11BrO6. The van der Waals surface area contributed by atoms with Gasteiger partial charge in [-0.3, -0.25) is 4.79 Å². The van der Waals surface area contributed by atoms with Crippen LogP contribution in [-0.4, -0.2) is 61.2 Å². The number of hydrogen-bond acceptors (Lipinski definition) is 6. The van der Waals surface area contributed by atoms with Crippen LogP contribution in [0, 0.1) is 0 Å². The van der Waals surface area contributed by atoms with Gasteiger partial charge in [-0.25, -0.2) is 0 Å². The molecule has 0 aliphatic rings. The van der Waals surface area contributed by atoms with Crippen molar-refractivity contribution in [2.75, 3.05) is 6.61 Å². The molecule has 0 rings (SSSR count). The maximum atomic E-state index is 10.5. The third-order valence-corrected chi connectivity index (χ3v) is 1.96. The summed E-state index contributed by atoms with van der Waals surface area (Å²) < 4.78 is -0.913.